The molecule has 176 valence electrons. The molecule has 0 aliphatic rings. The van der Waals surface area contributed by atoms with E-state index in [0.29, 0.717) is 10.8 Å². The van der Waals surface area contributed by atoms with Gasteiger partial charge in [0.05, 0.1) is 16.4 Å². The molecule has 0 saturated heterocycles. The highest BCUT2D eigenvalue weighted by atomic mass is 79.9. The van der Waals surface area contributed by atoms with Gasteiger partial charge in [-0.15, -0.1) is 23.1 Å². The van der Waals surface area contributed by atoms with Gasteiger partial charge < -0.3 is 10.6 Å². The van der Waals surface area contributed by atoms with Crippen molar-refractivity contribution in [1.82, 2.24) is 4.98 Å². The van der Waals surface area contributed by atoms with E-state index in [1.54, 1.807) is 18.2 Å². The third-order valence-electron chi connectivity index (χ3n) is 4.67. The van der Waals surface area contributed by atoms with Gasteiger partial charge in [0.1, 0.15) is 0 Å². The first-order chi connectivity index (χ1) is 16.9. The number of halogens is 1. The summed E-state index contributed by atoms with van der Waals surface area (Å²) in [6, 6.07) is 20.3. The van der Waals surface area contributed by atoms with Gasteiger partial charge in [-0.1, -0.05) is 40.2 Å². The van der Waals surface area contributed by atoms with Crippen LogP contribution < -0.4 is 10.6 Å². The van der Waals surface area contributed by atoms with Crippen molar-refractivity contribution in [3.05, 3.63) is 98.3 Å². The van der Waals surface area contributed by atoms with Gasteiger partial charge in [0.15, 0.2) is 5.13 Å². The van der Waals surface area contributed by atoms with E-state index in [2.05, 4.69) is 31.5 Å². The summed E-state index contributed by atoms with van der Waals surface area (Å²) in [7, 11) is 0. The van der Waals surface area contributed by atoms with Gasteiger partial charge in [-0.3, -0.25) is 19.7 Å². The van der Waals surface area contributed by atoms with Crippen molar-refractivity contribution in [1.29, 1.82) is 0 Å². The second kappa shape index (κ2) is 11.3. The summed E-state index contributed by atoms with van der Waals surface area (Å²) >= 11 is 6.08. The molecule has 0 aliphatic carbocycles. The second-order valence-corrected chi connectivity index (χ2v) is 9.99. The molecule has 4 rings (SSSR count). The van der Waals surface area contributed by atoms with Crippen LogP contribution in [-0.4, -0.2) is 27.5 Å². The highest BCUT2D eigenvalue weighted by Gasteiger charge is 2.13. The number of carbonyl (C=O) groups is 2. The molecule has 0 saturated carbocycles. The number of nitrogens with zero attached hydrogens (tertiary/aromatic N) is 2. The quantitative estimate of drug-likeness (QED) is 0.143. The van der Waals surface area contributed by atoms with Crippen molar-refractivity contribution in [2.75, 3.05) is 16.4 Å². The van der Waals surface area contributed by atoms with Gasteiger partial charge in [0, 0.05) is 43.7 Å². The molecule has 35 heavy (non-hydrogen) atoms. The van der Waals surface area contributed by atoms with E-state index < -0.39 is 10.8 Å². The van der Waals surface area contributed by atoms with Crippen molar-refractivity contribution >= 4 is 67.3 Å². The highest BCUT2D eigenvalue weighted by Crippen LogP contribution is 2.27. The first kappa shape index (κ1) is 24.6. The van der Waals surface area contributed by atoms with E-state index >= 15 is 0 Å². The maximum atomic E-state index is 12.5. The van der Waals surface area contributed by atoms with Gasteiger partial charge in [0.2, 0.25) is 5.91 Å². The lowest BCUT2D eigenvalue weighted by atomic mass is 10.2. The number of aromatic nitrogens is 1. The van der Waals surface area contributed by atoms with Crippen LogP contribution >= 0.6 is 39.0 Å². The molecule has 2 amide bonds. The summed E-state index contributed by atoms with van der Waals surface area (Å²) in [5.74, 6) is -0.494. The zero-order valence-electron chi connectivity index (χ0n) is 17.9. The first-order valence-corrected chi connectivity index (χ1v) is 12.8. The number of amides is 2. The van der Waals surface area contributed by atoms with Crippen LogP contribution in [0.3, 0.4) is 0 Å². The van der Waals surface area contributed by atoms with E-state index in [1.807, 2.05) is 35.7 Å². The van der Waals surface area contributed by atoms with Crippen molar-refractivity contribution in [2.45, 2.75) is 4.90 Å². The average molecular weight is 569 g/mol. The van der Waals surface area contributed by atoms with Crippen LogP contribution in [0.4, 0.5) is 16.5 Å². The monoisotopic (exact) mass is 568 g/mol. The molecule has 2 N–H and O–H groups in total. The summed E-state index contributed by atoms with van der Waals surface area (Å²) in [6.07, 6.45) is 0. The summed E-state index contributed by atoms with van der Waals surface area (Å²) in [4.78, 5) is 40.5. The molecule has 1 heterocycles. The van der Waals surface area contributed by atoms with Crippen LogP contribution in [-0.2, 0) is 4.79 Å². The van der Waals surface area contributed by atoms with Gasteiger partial charge in [-0.2, -0.15) is 0 Å². The van der Waals surface area contributed by atoms with E-state index in [0.717, 1.165) is 20.6 Å². The topological polar surface area (TPSA) is 114 Å². The highest BCUT2D eigenvalue weighted by molar-refractivity contribution is 9.10. The van der Waals surface area contributed by atoms with Gasteiger partial charge in [-0.25, -0.2) is 4.98 Å². The Labute approximate surface area is 217 Å². The Morgan fingerprint density at radius 1 is 1.03 bits per heavy atom. The lowest BCUT2D eigenvalue weighted by molar-refractivity contribution is -0.384. The van der Waals surface area contributed by atoms with Crippen LogP contribution in [0, 0.1) is 10.1 Å². The molecule has 0 spiro atoms. The molecule has 0 unspecified atom stereocenters. The van der Waals surface area contributed by atoms with Crippen LogP contribution in [0.2, 0.25) is 0 Å². The van der Waals surface area contributed by atoms with Crippen LogP contribution in [0.1, 0.15) is 10.4 Å². The molecule has 0 atom stereocenters. The van der Waals surface area contributed by atoms with Crippen molar-refractivity contribution in [3.8, 4) is 11.3 Å². The number of nitro groups is 1. The Balaban J connectivity index is 1.32. The maximum Gasteiger partial charge on any atom is 0.270 e. The first-order valence-electron chi connectivity index (χ1n) is 10.2. The molecule has 3 aromatic carbocycles. The van der Waals surface area contributed by atoms with Gasteiger partial charge in [-0.05, 0) is 36.4 Å². The molecule has 0 bridgehead atoms. The molecule has 11 heteroatoms. The van der Waals surface area contributed by atoms with Crippen LogP contribution in [0.25, 0.3) is 11.3 Å². The van der Waals surface area contributed by atoms with Gasteiger partial charge >= 0.3 is 0 Å². The minimum atomic E-state index is -0.549. The summed E-state index contributed by atoms with van der Waals surface area (Å²) in [5.41, 5.74) is 2.30. The predicted octanol–water partition coefficient (Wildman–Crippen LogP) is 6.46. The van der Waals surface area contributed by atoms with Crippen molar-refractivity contribution in [3.63, 3.8) is 0 Å². The minimum absolute atomic E-state index is 0.155. The fourth-order valence-corrected chi connectivity index (χ4v) is 4.77. The zero-order valence-corrected chi connectivity index (χ0v) is 21.2. The number of anilines is 2. The predicted molar refractivity (Wildman–Crippen MR) is 142 cm³/mol. The Kier molecular flexibility index (Phi) is 7.91. The normalized spacial score (nSPS) is 10.5. The Morgan fingerprint density at radius 2 is 1.80 bits per heavy atom. The maximum absolute atomic E-state index is 12.5. The number of nitro benzene ring substituents is 1. The largest absolute Gasteiger partial charge is 0.322 e. The standard InChI is InChI=1S/C24H17BrN4O4S2/c25-17-9-7-15(8-10-17)21-13-35-24(27-21)28-22(30)14-34-20-6-2-4-18(12-20)26-23(31)16-3-1-5-19(11-16)29(32)33/h1-13H,14H2,(H,26,31)(H,27,28,30). The molecular weight excluding hydrogens is 552 g/mol. The SMILES string of the molecule is O=C(CSc1cccc(NC(=O)c2cccc([N+](=O)[O-])c2)c1)Nc1nc(-c2ccc(Br)cc2)cs1. The number of hydrogen-bond donors (Lipinski definition) is 2. The Morgan fingerprint density at radius 3 is 2.57 bits per heavy atom. The fourth-order valence-electron chi connectivity index (χ4n) is 3.02. The molecule has 4 aromatic rings. The number of thioether (sulfide) groups is 1. The lowest BCUT2D eigenvalue weighted by Crippen LogP contribution is -2.14. The molecule has 1 aromatic heterocycles. The van der Waals surface area contributed by atoms with Crippen LogP contribution in [0.15, 0.2) is 87.5 Å². The number of non-ortho nitro benzene ring substituents is 1. The summed E-state index contributed by atoms with van der Waals surface area (Å²) < 4.78 is 0.981. The molecule has 0 aliphatic heterocycles. The number of nitrogens with one attached hydrogen (secondary N) is 2. The third-order valence-corrected chi connectivity index (χ3v) is 6.95. The van der Waals surface area contributed by atoms with Gasteiger partial charge in [0.25, 0.3) is 11.6 Å². The number of benzene rings is 3. The second-order valence-electron chi connectivity index (χ2n) is 7.17. The van der Waals surface area contributed by atoms with Crippen LogP contribution in [0.5, 0.6) is 0 Å². The smallest absolute Gasteiger partial charge is 0.270 e. The Hall–Kier alpha value is -3.54. The number of thiazole rings is 1. The molecular formula is C24H17BrN4O4S2. The number of carbonyl (C=O) groups excluding carboxylic acids is 2. The zero-order chi connectivity index (χ0) is 24.8. The van der Waals surface area contributed by atoms with E-state index in [-0.39, 0.29) is 22.9 Å². The van der Waals surface area contributed by atoms with E-state index in [9.17, 15) is 19.7 Å². The molecule has 0 radical (unpaired) electrons. The van der Waals surface area contributed by atoms with E-state index in [1.165, 1.54) is 47.4 Å². The number of hydrogen-bond acceptors (Lipinski definition) is 7. The Bertz CT molecular complexity index is 1390. The van der Waals surface area contributed by atoms with Crippen molar-refractivity contribution < 1.29 is 14.5 Å². The molecule has 0 fully saturated rings. The third kappa shape index (κ3) is 6.75. The van der Waals surface area contributed by atoms with Crippen molar-refractivity contribution in [2.24, 2.45) is 0 Å². The average Bonchev–Trinajstić information content (AvgIpc) is 3.32. The molecule has 8 nitrogen and oxygen atoms in total. The summed E-state index contributed by atoms with van der Waals surface area (Å²) in [5, 5.41) is 18.9. The summed E-state index contributed by atoms with van der Waals surface area (Å²) in [6.45, 7) is 0. The van der Waals surface area contributed by atoms with E-state index in [4.69, 9.17) is 0 Å². The lowest BCUT2D eigenvalue weighted by Gasteiger charge is -2.08. The minimum Gasteiger partial charge on any atom is -0.322 e. The fraction of sp³-hybridized carbons (Fsp3) is 0.0417. The number of rotatable bonds is 8.